The summed E-state index contributed by atoms with van der Waals surface area (Å²) in [5, 5.41) is 6.95. The Labute approximate surface area is 160 Å². The monoisotopic (exact) mass is 352 g/mol. The molecule has 0 aromatic heterocycles. The summed E-state index contributed by atoms with van der Waals surface area (Å²) in [4.78, 5) is 0. The third kappa shape index (κ3) is 3.43. The van der Waals surface area contributed by atoms with Gasteiger partial charge in [0, 0.05) is 11.5 Å². The number of fused-ring (bicyclic) bond motifs is 1. The highest BCUT2D eigenvalue weighted by molar-refractivity contribution is 5.92. The fraction of sp³-hybridized carbons (Fsp3) is 0.160. The highest BCUT2D eigenvalue weighted by Gasteiger charge is 2.21. The number of hydrogen-bond donors (Lipinski definition) is 1. The second-order valence-corrected chi connectivity index (χ2v) is 7.23. The molecule has 0 spiro atoms. The number of hydrogen-bond acceptors (Lipinski definition) is 2. The van der Waals surface area contributed by atoms with Gasteiger partial charge in [0.2, 0.25) is 0 Å². The van der Waals surface area contributed by atoms with E-state index in [-0.39, 0.29) is 0 Å². The zero-order chi connectivity index (χ0) is 18.8. The maximum atomic E-state index is 4.51. The van der Waals surface area contributed by atoms with Crippen LogP contribution in [0, 0.1) is 5.92 Å². The van der Waals surface area contributed by atoms with Crippen molar-refractivity contribution in [1.29, 1.82) is 0 Å². The minimum atomic E-state index is 0.452. The molecule has 2 nitrogen and oxygen atoms in total. The largest absolute Gasteiger partial charge is 0.278 e. The Bertz CT molecular complexity index is 1090. The highest BCUT2D eigenvalue weighted by atomic mass is 15.3. The number of hydrazone groups is 1. The number of rotatable bonds is 4. The van der Waals surface area contributed by atoms with E-state index in [9.17, 15) is 0 Å². The standard InChI is InChI=1S/C25H24N2/c1-17-14-18(2)25(19(17)3)24-11-7-6-10-22(24)16-26-27-23-13-12-20-8-4-5-9-21(20)15-23/h4-16,19,27H,1-3H3. The molecule has 1 N–H and O–H groups in total. The SMILES string of the molecule is CC1=CC(C)=C(c2ccccc2C=NNc2ccc3ccccc3c2)C1C. The van der Waals surface area contributed by atoms with Crippen LogP contribution in [-0.2, 0) is 0 Å². The molecule has 1 unspecified atom stereocenters. The van der Waals surface area contributed by atoms with Crippen LogP contribution in [0.1, 0.15) is 31.9 Å². The highest BCUT2D eigenvalue weighted by Crippen LogP contribution is 2.39. The Morgan fingerprint density at radius 2 is 1.63 bits per heavy atom. The molecule has 0 aliphatic heterocycles. The Kier molecular flexibility index (Phi) is 4.64. The molecule has 134 valence electrons. The molecule has 27 heavy (non-hydrogen) atoms. The third-order valence-electron chi connectivity index (χ3n) is 5.38. The minimum absolute atomic E-state index is 0.452. The average molecular weight is 352 g/mol. The van der Waals surface area contributed by atoms with Gasteiger partial charge in [-0.1, -0.05) is 73.2 Å². The predicted octanol–water partition coefficient (Wildman–Crippen LogP) is 6.66. The Morgan fingerprint density at radius 3 is 2.41 bits per heavy atom. The van der Waals surface area contributed by atoms with Gasteiger partial charge in [0.1, 0.15) is 0 Å². The van der Waals surface area contributed by atoms with Gasteiger partial charge < -0.3 is 0 Å². The lowest BCUT2D eigenvalue weighted by Crippen LogP contribution is -2.01. The van der Waals surface area contributed by atoms with E-state index in [0.29, 0.717) is 5.92 Å². The quantitative estimate of drug-likeness (QED) is 0.412. The van der Waals surface area contributed by atoms with Crippen molar-refractivity contribution in [3.05, 3.63) is 95.1 Å². The molecule has 3 aromatic rings. The molecule has 2 heteroatoms. The molecule has 0 amide bonds. The lowest BCUT2D eigenvalue weighted by atomic mass is 9.89. The van der Waals surface area contributed by atoms with Crippen LogP contribution in [0.4, 0.5) is 5.69 Å². The molecular weight excluding hydrogens is 328 g/mol. The normalized spacial score (nSPS) is 17.0. The number of benzene rings is 3. The fourth-order valence-corrected chi connectivity index (χ4v) is 3.85. The van der Waals surface area contributed by atoms with Gasteiger partial charge in [-0.15, -0.1) is 0 Å². The van der Waals surface area contributed by atoms with Crippen LogP contribution < -0.4 is 5.43 Å². The van der Waals surface area contributed by atoms with E-state index in [1.807, 2.05) is 6.21 Å². The van der Waals surface area contributed by atoms with Crippen LogP contribution in [0.25, 0.3) is 16.3 Å². The Balaban J connectivity index is 1.59. The van der Waals surface area contributed by atoms with Crippen molar-refractivity contribution >= 4 is 28.2 Å². The van der Waals surface area contributed by atoms with Gasteiger partial charge in [-0.25, -0.2) is 0 Å². The summed E-state index contributed by atoms with van der Waals surface area (Å²) < 4.78 is 0. The van der Waals surface area contributed by atoms with Crippen molar-refractivity contribution in [2.24, 2.45) is 11.0 Å². The van der Waals surface area contributed by atoms with E-state index in [0.717, 1.165) is 11.3 Å². The Hall–Kier alpha value is -3.13. The van der Waals surface area contributed by atoms with Crippen LogP contribution in [0.5, 0.6) is 0 Å². The number of anilines is 1. The number of nitrogens with zero attached hydrogens (tertiary/aromatic N) is 1. The van der Waals surface area contributed by atoms with Gasteiger partial charge in [0.15, 0.2) is 0 Å². The summed E-state index contributed by atoms with van der Waals surface area (Å²) in [5.41, 5.74) is 10.7. The maximum Gasteiger partial charge on any atom is 0.0568 e. The van der Waals surface area contributed by atoms with Gasteiger partial charge in [-0.3, -0.25) is 5.43 Å². The summed E-state index contributed by atoms with van der Waals surface area (Å²) in [6.45, 7) is 6.68. The first kappa shape index (κ1) is 17.3. The number of nitrogens with one attached hydrogen (secondary N) is 1. The molecule has 0 fully saturated rings. The van der Waals surface area contributed by atoms with Crippen molar-refractivity contribution in [3.63, 3.8) is 0 Å². The van der Waals surface area contributed by atoms with Crippen LogP contribution in [0.3, 0.4) is 0 Å². The van der Waals surface area contributed by atoms with Gasteiger partial charge >= 0.3 is 0 Å². The van der Waals surface area contributed by atoms with Gasteiger partial charge in [0.05, 0.1) is 11.9 Å². The molecule has 0 heterocycles. The van der Waals surface area contributed by atoms with E-state index in [1.54, 1.807) is 0 Å². The number of allylic oxidation sites excluding steroid dienone is 4. The van der Waals surface area contributed by atoms with Crippen molar-refractivity contribution < 1.29 is 0 Å². The summed E-state index contributed by atoms with van der Waals surface area (Å²) in [5.74, 6) is 0.452. The molecule has 1 atom stereocenters. The van der Waals surface area contributed by atoms with Crippen LogP contribution in [-0.4, -0.2) is 6.21 Å². The van der Waals surface area contributed by atoms with Gasteiger partial charge in [0.25, 0.3) is 0 Å². The molecule has 4 rings (SSSR count). The zero-order valence-electron chi connectivity index (χ0n) is 16.0. The van der Waals surface area contributed by atoms with Crippen molar-refractivity contribution in [2.45, 2.75) is 20.8 Å². The molecule has 0 saturated carbocycles. The molecular formula is C25H24N2. The molecule has 3 aromatic carbocycles. The van der Waals surface area contributed by atoms with Gasteiger partial charge in [-0.05, 0) is 53.5 Å². The second-order valence-electron chi connectivity index (χ2n) is 7.23. The second kappa shape index (κ2) is 7.24. The van der Waals surface area contributed by atoms with Crippen molar-refractivity contribution in [2.75, 3.05) is 5.43 Å². The summed E-state index contributed by atoms with van der Waals surface area (Å²) in [6, 6.07) is 23.1. The molecule has 0 radical (unpaired) electrons. The predicted molar refractivity (Wildman–Crippen MR) is 117 cm³/mol. The molecule has 0 bridgehead atoms. The topological polar surface area (TPSA) is 24.4 Å². The van der Waals surface area contributed by atoms with Crippen LogP contribution in [0.2, 0.25) is 0 Å². The fourth-order valence-electron chi connectivity index (χ4n) is 3.85. The van der Waals surface area contributed by atoms with Crippen molar-refractivity contribution in [3.8, 4) is 0 Å². The van der Waals surface area contributed by atoms with E-state index < -0.39 is 0 Å². The zero-order valence-corrected chi connectivity index (χ0v) is 16.0. The Morgan fingerprint density at radius 1 is 0.889 bits per heavy atom. The first-order valence-electron chi connectivity index (χ1n) is 9.40. The van der Waals surface area contributed by atoms with Gasteiger partial charge in [-0.2, -0.15) is 5.10 Å². The van der Waals surface area contributed by atoms with E-state index in [1.165, 1.54) is 33.1 Å². The average Bonchev–Trinajstić information content (AvgIpc) is 2.94. The summed E-state index contributed by atoms with van der Waals surface area (Å²) in [7, 11) is 0. The smallest absolute Gasteiger partial charge is 0.0568 e. The van der Waals surface area contributed by atoms with Crippen LogP contribution in [0.15, 0.2) is 89.1 Å². The summed E-state index contributed by atoms with van der Waals surface area (Å²) in [6.07, 6.45) is 4.21. The van der Waals surface area contributed by atoms with E-state index in [2.05, 4.69) is 104 Å². The molecule has 1 aliphatic carbocycles. The summed E-state index contributed by atoms with van der Waals surface area (Å²) >= 11 is 0. The molecule has 1 aliphatic rings. The lowest BCUT2D eigenvalue weighted by Gasteiger charge is -2.15. The first-order valence-corrected chi connectivity index (χ1v) is 9.40. The molecule has 0 saturated heterocycles. The van der Waals surface area contributed by atoms with Crippen LogP contribution >= 0.6 is 0 Å². The van der Waals surface area contributed by atoms with E-state index in [4.69, 9.17) is 0 Å². The first-order chi connectivity index (χ1) is 13.1. The van der Waals surface area contributed by atoms with E-state index >= 15 is 0 Å². The van der Waals surface area contributed by atoms with Crippen molar-refractivity contribution in [1.82, 2.24) is 0 Å². The maximum absolute atomic E-state index is 4.51. The minimum Gasteiger partial charge on any atom is -0.278 e. The lowest BCUT2D eigenvalue weighted by molar-refractivity contribution is 0.901. The third-order valence-corrected chi connectivity index (χ3v) is 5.38.